The van der Waals surface area contributed by atoms with Gasteiger partial charge in [0.15, 0.2) is 0 Å². The summed E-state index contributed by atoms with van der Waals surface area (Å²) in [5, 5.41) is 7.45. The molecule has 1 aromatic rings. The van der Waals surface area contributed by atoms with E-state index in [4.69, 9.17) is 0 Å². The van der Waals surface area contributed by atoms with E-state index in [0.717, 1.165) is 25.5 Å². The molecule has 0 atom stereocenters. The molecule has 1 heterocycles. The molecule has 0 aliphatic carbocycles. The number of aryl methyl sites for hydroxylation is 1. The van der Waals surface area contributed by atoms with Crippen LogP contribution in [0.3, 0.4) is 0 Å². The van der Waals surface area contributed by atoms with Crippen molar-refractivity contribution in [2.24, 2.45) is 7.05 Å². The molecule has 0 aliphatic heterocycles. The van der Waals surface area contributed by atoms with Crippen LogP contribution in [0, 0.1) is 0 Å². The average molecular weight is 239 g/mol. The highest BCUT2D eigenvalue weighted by molar-refractivity contribution is 4.82. The van der Waals surface area contributed by atoms with E-state index in [9.17, 15) is 0 Å². The Labute approximate surface area is 104 Å². The first-order valence-electron chi connectivity index (χ1n) is 6.31. The summed E-state index contributed by atoms with van der Waals surface area (Å²) in [5.41, 5.74) is 0. The fourth-order valence-electron chi connectivity index (χ4n) is 2.00. The number of aromatic nitrogens is 3. The van der Waals surface area contributed by atoms with Gasteiger partial charge in [-0.1, -0.05) is 0 Å². The predicted molar refractivity (Wildman–Crippen MR) is 69.7 cm³/mol. The lowest BCUT2D eigenvalue weighted by Crippen LogP contribution is -2.41. The summed E-state index contributed by atoms with van der Waals surface area (Å²) in [6.07, 6.45) is 1.59. The first kappa shape index (κ1) is 14.1. The van der Waals surface area contributed by atoms with Crippen molar-refractivity contribution in [3.05, 3.63) is 12.2 Å². The largest absolute Gasteiger partial charge is 0.309 e. The lowest BCUT2D eigenvalue weighted by atomic mass is 10.2. The minimum atomic E-state index is 0.589. The zero-order valence-corrected chi connectivity index (χ0v) is 11.6. The smallest absolute Gasteiger partial charge is 0.140 e. The molecule has 0 fully saturated rings. The van der Waals surface area contributed by atoms with Crippen LogP contribution in [-0.4, -0.2) is 44.8 Å². The van der Waals surface area contributed by atoms with E-state index in [1.54, 1.807) is 11.0 Å². The summed E-state index contributed by atoms with van der Waals surface area (Å²) in [4.78, 5) is 6.65. The van der Waals surface area contributed by atoms with Crippen LogP contribution in [0.5, 0.6) is 0 Å². The third-order valence-corrected chi connectivity index (χ3v) is 2.96. The van der Waals surface area contributed by atoms with Crippen LogP contribution in [0.15, 0.2) is 6.33 Å². The second-order valence-electron chi connectivity index (χ2n) is 4.90. The van der Waals surface area contributed by atoms with Gasteiger partial charge >= 0.3 is 0 Å². The lowest BCUT2D eigenvalue weighted by molar-refractivity contribution is 0.175. The molecule has 0 aromatic carbocycles. The maximum absolute atomic E-state index is 4.18. The molecule has 0 spiro atoms. The first-order chi connectivity index (χ1) is 8.02. The van der Waals surface area contributed by atoms with Gasteiger partial charge in [-0.25, -0.2) is 4.98 Å². The van der Waals surface area contributed by atoms with Gasteiger partial charge in [-0.15, -0.1) is 0 Å². The van der Waals surface area contributed by atoms with Gasteiger partial charge in [0.05, 0.1) is 6.54 Å². The van der Waals surface area contributed by atoms with Crippen LogP contribution in [-0.2, 0) is 13.6 Å². The number of hydrogen-bond acceptors (Lipinski definition) is 4. The van der Waals surface area contributed by atoms with E-state index in [-0.39, 0.29) is 0 Å². The van der Waals surface area contributed by atoms with Crippen molar-refractivity contribution in [2.75, 3.05) is 13.1 Å². The van der Waals surface area contributed by atoms with Crippen molar-refractivity contribution in [1.82, 2.24) is 25.0 Å². The molecule has 5 nitrogen and oxygen atoms in total. The molecule has 0 amide bonds. The van der Waals surface area contributed by atoms with Crippen molar-refractivity contribution in [1.29, 1.82) is 0 Å². The third kappa shape index (κ3) is 4.44. The van der Waals surface area contributed by atoms with Gasteiger partial charge in [-0.3, -0.25) is 9.58 Å². The lowest BCUT2D eigenvalue weighted by Gasteiger charge is -2.30. The Morgan fingerprint density at radius 2 is 1.94 bits per heavy atom. The molecule has 1 N–H and O–H groups in total. The summed E-state index contributed by atoms with van der Waals surface area (Å²) in [5.74, 6) is 0.977. The van der Waals surface area contributed by atoms with Crippen LogP contribution in [0.1, 0.15) is 33.5 Å². The SMILES string of the molecule is CC(C)N(CCNCc1ncnn1C)C(C)C. The number of nitrogens with zero attached hydrogens (tertiary/aromatic N) is 4. The molecule has 98 valence electrons. The van der Waals surface area contributed by atoms with Gasteiger partial charge in [0.2, 0.25) is 0 Å². The van der Waals surface area contributed by atoms with E-state index in [1.807, 2.05) is 7.05 Å². The van der Waals surface area contributed by atoms with Crippen LogP contribution < -0.4 is 5.32 Å². The summed E-state index contributed by atoms with van der Waals surface area (Å²) in [6.45, 7) is 11.8. The van der Waals surface area contributed by atoms with Gasteiger partial charge in [-0.05, 0) is 27.7 Å². The molecular weight excluding hydrogens is 214 g/mol. The minimum Gasteiger partial charge on any atom is -0.309 e. The molecule has 0 unspecified atom stereocenters. The summed E-state index contributed by atoms with van der Waals surface area (Å²) < 4.78 is 1.80. The third-order valence-electron chi connectivity index (χ3n) is 2.96. The Bertz CT molecular complexity index is 310. The Morgan fingerprint density at radius 1 is 1.29 bits per heavy atom. The molecule has 0 saturated heterocycles. The maximum Gasteiger partial charge on any atom is 0.140 e. The van der Waals surface area contributed by atoms with Gasteiger partial charge in [0.25, 0.3) is 0 Å². The topological polar surface area (TPSA) is 46.0 Å². The second-order valence-corrected chi connectivity index (χ2v) is 4.90. The molecule has 17 heavy (non-hydrogen) atoms. The standard InChI is InChI=1S/C12H25N5/c1-10(2)17(11(3)4)7-6-13-8-12-14-9-15-16(12)5/h9-11,13H,6-8H2,1-5H3. The van der Waals surface area contributed by atoms with Crippen LogP contribution >= 0.6 is 0 Å². The summed E-state index contributed by atoms with van der Waals surface area (Å²) >= 11 is 0. The maximum atomic E-state index is 4.18. The quantitative estimate of drug-likeness (QED) is 0.722. The predicted octanol–water partition coefficient (Wildman–Crippen LogP) is 1.02. The van der Waals surface area contributed by atoms with E-state index >= 15 is 0 Å². The van der Waals surface area contributed by atoms with E-state index in [0.29, 0.717) is 12.1 Å². The van der Waals surface area contributed by atoms with E-state index in [1.165, 1.54) is 0 Å². The molecule has 0 radical (unpaired) electrons. The normalized spacial score (nSPS) is 12.0. The van der Waals surface area contributed by atoms with Crippen molar-refractivity contribution < 1.29 is 0 Å². The fourth-order valence-corrected chi connectivity index (χ4v) is 2.00. The Kier molecular flexibility index (Phi) is 5.58. The van der Waals surface area contributed by atoms with Crippen LogP contribution in [0.25, 0.3) is 0 Å². The monoisotopic (exact) mass is 239 g/mol. The van der Waals surface area contributed by atoms with Gasteiger partial charge in [0, 0.05) is 32.2 Å². The van der Waals surface area contributed by atoms with Crippen molar-refractivity contribution in [3.8, 4) is 0 Å². The summed E-state index contributed by atoms with van der Waals surface area (Å²) in [6, 6.07) is 1.18. The molecule has 0 saturated carbocycles. The molecule has 0 aliphatic rings. The van der Waals surface area contributed by atoms with Crippen molar-refractivity contribution in [3.63, 3.8) is 0 Å². The Hall–Kier alpha value is -0.940. The number of rotatable bonds is 7. The molecule has 5 heteroatoms. The number of hydrogen-bond donors (Lipinski definition) is 1. The second kappa shape index (κ2) is 6.71. The van der Waals surface area contributed by atoms with Crippen molar-refractivity contribution in [2.45, 2.75) is 46.3 Å². The van der Waals surface area contributed by atoms with Crippen LogP contribution in [0.4, 0.5) is 0 Å². The van der Waals surface area contributed by atoms with Gasteiger partial charge < -0.3 is 5.32 Å². The molecule has 0 bridgehead atoms. The Balaban J connectivity index is 2.25. The van der Waals surface area contributed by atoms with Gasteiger partial charge in [-0.2, -0.15) is 5.10 Å². The highest BCUT2D eigenvalue weighted by atomic mass is 15.3. The highest BCUT2D eigenvalue weighted by Crippen LogP contribution is 2.03. The first-order valence-corrected chi connectivity index (χ1v) is 6.31. The zero-order valence-electron chi connectivity index (χ0n) is 11.6. The van der Waals surface area contributed by atoms with Crippen LogP contribution in [0.2, 0.25) is 0 Å². The zero-order chi connectivity index (χ0) is 12.8. The van der Waals surface area contributed by atoms with E-state index < -0.39 is 0 Å². The fraction of sp³-hybridized carbons (Fsp3) is 0.833. The van der Waals surface area contributed by atoms with Gasteiger partial charge in [0.1, 0.15) is 12.2 Å². The highest BCUT2D eigenvalue weighted by Gasteiger charge is 2.12. The molecule has 1 rings (SSSR count). The number of nitrogens with one attached hydrogen (secondary N) is 1. The average Bonchev–Trinajstić information content (AvgIpc) is 2.63. The molecule has 1 aromatic heterocycles. The van der Waals surface area contributed by atoms with E-state index in [2.05, 4.69) is 48.0 Å². The summed E-state index contributed by atoms with van der Waals surface area (Å²) in [7, 11) is 1.92. The molecular formula is C12H25N5. The minimum absolute atomic E-state index is 0.589. The van der Waals surface area contributed by atoms with Crippen molar-refractivity contribution >= 4 is 0 Å². The Morgan fingerprint density at radius 3 is 2.41 bits per heavy atom.